The summed E-state index contributed by atoms with van der Waals surface area (Å²) in [7, 11) is 0. The third kappa shape index (κ3) is 13.5. The summed E-state index contributed by atoms with van der Waals surface area (Å²) < 4.78 is 0. The number of carboxylic acids is 1. The molecule has 3 rings (SSSR count). The minimum absolute atomic E-state index is 0.0513. The molecule has 1 aromatic heterocycles. The minimum Gasteiger partial charge on any atom is -0.480 e. The van der Waals surface area contributed by atoms with Crippen LogP contribution in [-0.2, 0) is 41.6 Å². The molecular formula is C35H46N10O7. The molecule has 0 saturated carbocycles. The van der Waals surface area contributed by atoms with Crippen molar-refractivity contribution in [1.82, 2.24) is 47.0 Å². The highest BCUT2D eigenvalue weighted by Crippen LogP contribution is 2.14. The SMILES string of the molecule is CC(C)[C@H](NC(=O)[C@H](Cc1ccccc1)NC(=O)[C@H](CCCCNC(=O)Cc1ccc(-c2nncnn2)cc1)NC(=O)[C@H](C)NC(=O)CN)C(=O)O. The van der Waals surface area contributed by atoms with Gasteiger partial charge < -0.3 is 37.4 Å². The second-order valence-corrected chi connectivity index (χ2v) is 12.5. The highest BCUT2D eigenvalue weighted by Gasteiger charge is 2.31. The molecule has 278 valence electrons. The van der Waals surface area contributed by atoms with Crippen molar-refractivity contribution in [2.75, 3.05) is 13.1 Å². The van der Waals surface area contributed by atoms with Crippen LogP contribution < -0.4 is 32.3 Å². The van der Waals surface area contributed by atoms with E-state index in [1.807, 2.05) is 0 Å². The number of nitrogens with zero attached hydrogens (tertiary/aromatic N) is 4. The number of unbranched alkanes of at least 4 members (excludes halogenated alkanes) is 1. The van der Waals surface area contributed by atoms with E-state index in [0.717, 1.165) is 5.56 Å². The second kappa shape index (κ2) is 20.7. The van der Waals surface area contributed by atoms with Crippen molar-refractivity contribution in [3.05, 3.63) is 72.1 Å². The number of benzene rings is 2. The van der Waals surface area contributed by atoms with Crippen molar-refractivity contribution in [2.24, 2.45) is 11.7 Å². The first-order valence-corrected chi connectivity index (χ1v) is 16.9. The first-order chi connectivity index (χ1) is 24.9. The summed E-state index contributed by atoms with van der Waals surface area (Å²) in [5, 5.41) is 38.0. The summed E-state index contributed by atoms with van der Waals surface area (Å²) in [5.41, 5.74) is 7.54. The van der Waals surface area contributed by atoms with Crippen molar-refractivity contribution in [2.45, 2.75) is 77.0 Å². The van der Waals surface area contributed by atoms with Crippen LogP contribution in [0, 0.1) is 5.92 Å². The number of nitrogens with two attached hydrogens (primary N) is 1. The molecule has 0 unspecified atom stereocenters. The number of carbonyl (C=O) groups is 6. The number of aliphatic carboxylic acids is 1. The Morgan fingerprint density at radius 2 is 1.37 bits per heavy atom. The van der Waals surface area contributed by atoms with Gasteiger partial charge in [-0.15, -0.1) is 20.4 Å². The second-order valence-electron chi connectivity index (χ2n) is 12.5. The lowest BCUT2D eigenvalue weighted by molar-refractivity contribution is -0.143. The molecule has 0 aliphatic carbocycles. The first-order valence-electron chi connectivity index (χ1n) is 16.9. The quantitative estimate of drug-likeness (QED) is 0.0741. The highest BCUT2D eigenvalue weighted by molar-refractivity contribution is 5.95. The number of aromatic nitrogens is 4. The smallest absolute Gasteiger partial charge is 0.326 e. The molecule has 8 N–H and O–H groups in total. The zero-order valence-electron chi connectivity index (χ0n) is 29.4. The van der Waals surface area contributed by atoms with E-state index in [1.54, 1.807) is 68.4 Å². The summed E-state index contributed by atoms with van der Waals surface area (Å²) in [6.07, 6.45) is 2.38. The summed E-state index contributed by atoms with van der Waals surface area (Å²) in [6.45, 7) is 4.70. The molecule has 0 saturated heterocycles. The van der Waals surface area contributed by atoms with E-state index in [0.29, 0.717) is 36.3 Å². The standard InChI is InChI=1S/C35H46N10O7/c1-21(2)30(35(51)52)43-34(50)27(17-23-9-5-4-6-10-23)42-33(49)26(41-32(48)22(3)40-29(47)19-36)11-7-8-16-37-28(46)18-24-12-14-25(15-13-24)31-44-38-20-39-45-31/h4-6,9-10,12-15,20-22,26-27,30H,7-8,11,16-19,36H2,1-3H3,(H,37,46)(H,40,47)(H,41,48)(H,42,49)(H,43,50)(H,51,52)/t22-,26-,27-,30-/m0/s1. The average Bonchev–Trinajstić information content (AvgIpc) is 3.13. The third-order valence-corrected chi connectivity index (χ3v) is 7.96. The number of hydrogen-bond donors (Lipinski definition) is 7. The number of hydrogen-bond acceptors (Lipinski definition) is 11. The van der Waals surface area contributed by atoms with Crippen molar-refractivity contribution in [1.29, 1.82) is 0 Å². The van der Waals surface area contributed by atoms with Crippen molar-refractivity contribution < 1.29 is 33.9 Å². The van der Waals surface area contributed by atoms with Gasteiger partial charge in [0.1, 0.15) is 24.2 Å². The Labute approximate surface area is 301 Å². The molecule has 4 atom stereocenters. The molecule has 0 spiro atoms. The molecule has 3 aromatic rings. The van der Waals surface area contributed by atoms with Crippen molar-refractivity contribution in [3.8, 4) is 11.4 Å². The summed E-state index contributed by atoms with van der Waals surface area (Å²) in [4.78, 5) is 76.3. The van der Waals surface area contributed by atoms with E-state index < -0.39 is 59.7 Å². The largest absolute Gasteiger partial charge is 0.480 e. The number of rotatable bonds is 20. The van der Waals surface area contributed by atoms with Gasteiger partial charge in [0.25, 0.3) is 0 Å². The van der Waals surface area contributed by atoms with Gasteiger partial charge in [0, 0.05) is 18.5 Å². The molecule has 0 radical (unpaired) electrons. The zero-order chi connectivity index (χ0) is 38.0. The topological polar surface area (TPSA) is 260 Å². The van der Waals surface area contributed by atoms with E-state index in [2.05, 4.69) is 47.0 Å². The molecule has 5 amide bonds. The van der Waals surface area contributed by atoms with E-state index in [1.165, 1.54) is 13.3 Å². The number of carbonyl (C=O) groups excluding carboxylic acids is 5. The number of amides is 5. The van der Waals surface area contributed by atoms with Gasteiger partial charge in [-0.25, -0.2) is 4.79 Å². The van der Waals surface area contributed by atoms with Gasteiger partial charge in [-0.2, -0.15) is 0 Å². The zero-order valence-corrected chi connectivity index (χ0v) is 29.4. The van der Waals surface area contributed by atoms with Gasteiger partial charge in [-0.1, -0.05) is 68.4 Å². The lowest BCUT2D eigenvalue weighted by atomic mass is 10.0. The van der Waals surface area contributed by atoms with Crippen LogP contribution >= 0.6 is 0 Å². The Bertz CT molecular complexity index is 1640. The van der Waals surface area contributed by atoms with Gasteiger partial charge in [0.15, 0.2) is 6.33 Å². The molecule has 0 aliphatic heterocycles. The molecule has 0 aliphatic rings. The van der Waals surface area contributed by atoms with Crippen LogP contribution in [0.2, 0.25) is 0 Å². The van der Waals surface area contributed by atoms with Gasteiger partial charge in [-0.05, 0) is 43.2 Å². The van der Waals surface area contributed by atoms with Crippen molar-refractivity contribution >= 4 is 35.5 Å². The number of carboxylic acid groups (broad SMARTS) is 1. The maximum Gasteiger partial charge on any atom is 0.326 e. The average molecular weight is 719 g/mol. The molecule has 0 fully saturated rings. The van der Waals surface area contributed by atoms with Crippen LogP contribution in [0.4, 0.5) is 0 Å². The molecule has 17 nitrogen and oxygen atoms in total. The van der Waals surface area contributed by atoms with E-state index >= 15 is 0 Å². The Balaban J connectivity index is 1.64. The molecule has 0 bridgehead atoms. The van der Waals surface area contributed by atoms with Crippen LogP contribution in [0.5, 0.6) is 0 Å². The normalized spacial score (nSPS) is 13.2. The van der Waals surface area contributed by atoms with E-state index in [4.69, 9.17) is 5.73 Å². The van der Waals surface area contributed by atoms with Gasteiger partial charge in [0.2, 0.25) is 35.4 Å². The fourth-order valence-electron chi connectivity index (χ4n) is 5.07. The van der Waals surface area contributed by atoms with Crippen LogP contribution in [0.15, 0.2) is 60.9 Å². The van der Waals surface area contributed by atoms with Crippen LogP contribution in [0.25, 0.3) is 11.4 Å². The molecule has 1 heterocycles. The summed E-state index contributed by atoms with van der Waals surface area (Å²) in [5.74, 6) is -4.09. The van der Waals surface area contributed by atoms with Gasteiger partial charge in [-0.3, -0.25) is 24.0 Å². The summed E-state index contributed by atoms with van der Waals surface area (Å²) in [6, 6.07) is 11.5. The molecule has 17 heteroatoms. The first kappa shape index (κ1) is 40.6. The molecule has 2 aromatic carbocycles. The van der Waals surface area contributed by atoms with Gasteiger partial charge >= 0.3 is 5.97 Å². The summed E-state index contributed by atoms with van der Waals surface area (Å²) >= 11 is 0. The maximum atomic E-state index is 13.7. The Kier molecular flexibility index (Phi) is 16.2. The van der Waals surface area contributed by atoms with E-state index in [9.17, 15) is 33.9 Å². The number of nitrogens with one attached hydrogen (secondary N) is 5. The Morgan fingerprint density at radius 1 is 0.731 bits per heavy atom. The fraction of sp³-hybridized carbons (Fsp3) is 0.429. The predicted molar refractivity (Wildman–Crippen MR) is 189 cm³/mol. The van der Waals surface area contributed by atoms with Gasteiger partial charge in [0.05, 0.1) is 13.0 Å². The van der Waals surface area contributed by atoms with Crippen LogP contribution in [0.1, 0.15) is 51.2 Å². The highest BCUT2D eigenvalue weighted by atomic mass is 16.4. The predicted octanol–water partition coefficient (Wildman–Crippen LogP) is -0.336. The van der Waals surface area contributed by atoms with E-state index in [-0.39, 0.29) is 31.7 Å². The Hall–Kier alpha value is -5.84. The van der Waals surface area contributed by atoms with Crippen LogP contribution in [-0.4, -0.2) is 98.3 Å². The lowest BCUT2D eigenvalue weighted by Gasteiger charge is -2.26. The molecule has 52 heavy (non-hydrogen) atoms. The fourth-order valence-corrected chi connectivity index (χ4v) is 5.07. The maximum absolute atomic E-state index is 13.7. The molecular weight excluding hydrogens is 672 g/mol. The Morgan fingerprint density at radius 3 is 1.98 bits per heavy atom. The lowest BCUT2D eigenvalue weighted by Crippen LogP contribution is -2.58. The third-order valence-electron chi connectivity index (χ3n) is 7.96. The monoisotopic (exact) mass is 718 g/mol. The van der Waals surface area contributed by atoms with Crippen LogP contribution in [0.3, 0.4) is 0 Å². The van der Waals surface area contributed by atoms with Crippen molar-refractivity contribution in [3.63, 3.8) is 0 Å². The minimum atomic E-state index is -1.22.